The SMILES string of the molecule is Cc1ncsc1-c1ccc(C2(C)NC(C3C[C@@H](O)CN3C(=O)C(c3cc(OCCCCCN)no3)C(C)C)=NC2=O)cc1.Cl. The van der Waals surface area contributed by atoms with Gasteiger partial charge in [-0.1, -0.05) is 38.1 Å². The molecule has 2 aliphatic heterocycles. The Hall–Kier alpha value is -3.32. The number of benzene rings is 1. The van der Waals surface area contributed by atoms with Crippen molar-refractivity contribution in [2.24, 2.45) is 16.6 Å². The lowest BCUT2D eigenvalue weighted by molar-refractivity contribution is -0.134. The number of aliphatic imine (C=N–C) groups is 1. The molecule has 11 nitrogen and oxygen atoms in total. The number of nitrogens with two attached hydrogens (primary N) is 1. The van der Waals surface area contributed by atoms with E-state index in [2.05, 4.69) is 20.4 Å². The number of aliphatic hydroxyl groups excluding tert-OH is 1. The summed E-state index contributed by atoms with van der Waals surface area (Å²) in [6, 6.07) is 8.87. The Balaban J connectivity index is 0.00000442. The summed E-state index contributed by atoms with van der Waals surface area (Å²) >= 11 is 1.57. The summed E-state index contributed by atoms with van der Waals surface area (Å²) in [4.78, 5) is 38.8. The van der Waals surface area contributed by atoms with Gasteiger partial charge in [-0.05, 0) is 61.9 Å². The highest BCUT2D eigenvalue weighted by atomic mass is 35.5. The lowest BCUT2D eigenvalue weighted by Gasteiger charge is -2.31. The molecule has 2 aromatic heterocycles. The van der Waals surface area contributed by atoms with Crippen molar-refractivity contribution in [3.63, 3.8) is 0 Å². The number of ether oxygens (including phenoxy) is 1. The minimum atomic E-state index is -1.10. The smallest absolute Gasteiger partial charge is 0.277 e. The van der Waals surface area contributed by atoms with Crippen molar-refractivity contribution in [2.75, 3.05) is 19.7 Å². The molecule has 5 rings (SSSR count). The molecule has 13 heteroatoms. The molecule has 1 aromatic carbocycles. The normalized spacial score (nSPS) is 22.1. The Bertz CT molecular complexity index is 1470. The lowest BCUT2D eigenvalue weighted by Crippen LogP contribution is -2.51. The van der Waals surface area contributed by atoms with Crippen molar-refractivity contribution in [1.29, 1.82) is 0 Å². The van der Waals surface area contributed by atoms with E-state index < -0.39 is 23.6 Å². The average Bonchev–Trinajstić information content (AvgIpc) is 3.76. The van der Waals surface area contributed by atoms with E-state index in [0.29, 0.717) is 30.6 Å². The van der Waals surface area contributed by atoms with Gasteiger partial charge in [0.2, 0.25) is 5.91 Å². The standard InChI is InChI=1S/C31H40N6O5S.ClH/c1-18(2)26(24-15-25(36-42-24)41-13-7-5-6-12-32)29(39)37-16-22(38)14-23(37)28-34-30(40)31(4,35-28)21-10-8-20(9-11-21)27-19(3)33-17-43-27;/h8-11,15,17-18,22-23,26,38H,5-7,12-14,16,32H2,1-4H3,(H,34,35,40);1H/t22-,23?,26?,31?;/m1./s1. The van der Waals surface area contributed by atoms with E-state index in [9.17, 15) is 14.7 Å². The van der Waals surface area contributed by atoms with Crippen LogP contribution in [0, 0.1) is 12.8 Å². The first-order valence-electron chi connectivity index (χ1n) is 14.8. The Morgan fingerprint density at radius 3 is 2.68 bits per heavy atom. The number of amidine groups is 1. The number of halogens is 1. The van der Waals surface area contributed by atoms with Crippen molar-refractivity contribution < 1.29 is 24.0 Å². The molecule has 4 atom stereocenters. The Labute approximate surface area is 267 Å². The summed E-state index contributed by atoms with van der Waals surface area (Å²) in [7, 11) is 0. The van der Waals surface area contributed by atoms with Crippen LogP contribution in [0.15, 0.2) is 45.4 Å². The first kappa shape index (κ1) is 33.6. The number of carbonyl (C=O) groups excluding carboxylic acids is 2. The van der Waals surface area contributed by atoms with E-state index in [4.69, 9.17) is 15.0 Å². The number of aryl methyl sites for hydroxylation is 1. The molecule has 0 spiro atoms. The third-order valence-electron chi connectivity index (χ3n) is 8.22. The molecule has 2 amide bonds. The van der Waals surface area contributed by atoms with Gasteiger partial charge in [0.15, 0.2) is 5.76 Å². The lowest BCUT2D eigenvalue weighted by atomic mass is 9.90. The van der Waals surface area contributed by atoms with E-state index in [1.54, 1.807) is 29.2 Å². The quantitative estimate of drug-likeness (QED) is 0.246. The van der Waals surface area contributed by atoms with Gasteiger partial charge in [0.25, 0.3) is 11.8 Å². The number of hydrogen-bond donors (Lipinski definition) is 3. The zero-order chi connectivity index (χ0) is 30.7. The molecule has 3 aromatic rings. The molecule has 44 heavy (non-hydrogen) atoms. The van der Waals surface area contributed by atoms with Crippen molar-refractivity contribution >= 4 is 41.4 Å². The number of rotatable bonds is 12. The second kappa shape index (κ2) is 14.2. The number of likely N-dealkylation sites (tertiary alicyclic amines) is 1. The highest BCUT2D eigenvalue weighted by molar-refractivity contribution is 7.13. The molecular weight excluding hydrogens is 604 g/mol. The van der Waals surface area contributed by atoms with Gasteiger partial charge in [0, 0.05) is 19.0 Å². The number of carbonyl (C=O) groups is 2. The van der Waals surface area contributed by atoms with Crippen LogP contribution in [0.1, 0.15) is 69.4 Å². The van der Waals surface area contributed by atoms with Crippen LogP contribution in [0.2, 0.25) is 0 Å². The molecule has 0 radical (unpaired) electrons. The Morgan fingerprint density at radius 1 is 1.27 bits per heavy atom. The summed E-state index contributed by atoms with van der Waals surface area (Å²) in [6.45, 7) is 8.89. The van der Waals surface area contributed by atoms with Crippen molar-refractivity contribution in [1.82, 2.24) is 20.4 Å². The zero-order valence-electron chi connectivity index (χ0n) is 25.5. The molecule has 0 aliphatic carbocycles. The molecule has 0 bridgehead atoms. The second-order valence-corrected chi connectivity index (χ2v) is 12.6. The Morgan fingerprint density at radius 2 is 2.02 bits per heavy atom. The minimum absolute atomic E-state index is 0. The fourth-order valence-corrected chi connectivity index (χ4v) is 6.57. The van der Waals surface area contributed by atoms with Crippen molar-refractivity contribution in [2.45, 2.75) is 77.0 Å². The van der Waals surface area contributed by atoms with E-state index in [-0.39, 0.29) is 43.1 Å². The second-order valence-electron chi connectivity index (χ2n) is 11.8. The molecule has 4 heterocycles. The van der Waals surface area contributed by atoms with Gasteiger partial charge in [-0.25, -0.2) is 4.98 Å². The summed E-state index contributed by atoms with van der Waals surface area (Å²) in [5.74, 6) is -0.237. The van der Waals surface area contributed by atoms with E-state index in [1.807, 2.05) is 50.5 Å². The monoisotopic (exact) mass is 644 g/mol. The first-order chi connectivity index (χ1) is 20.6. The third kappa shape index (κ3) is 6.83. The van der Waals surface area contributed by atoms with Gasteiger partial charge in [-0.15, -0.1) is 23.7 Å². The predicted octanol–water partition coefficient (Wildman–Crippen LogP) is 4.18. The Kier molecular flexibility index (Phi) is 10.8. The number of aromatic nitrogens is 2. The maximum atomic E-state index is 14.0. The number of hydrogen-bond acceptors (Lipinski definition) is 10. The van der Waals surface area contributed by atoms with Crippen LogP contribution in [0.3, 0.4) is 0 Å². The third-order valence-corrected chi connectivity index (χ3v) is 9.20. The molecule has 238 valence electrons. The number of thiazole rings is 1. The van der Waals surface area contributed by atoms with Gasteiger partial charge in [0.05, 0.1) is 34.8 Å². The maximum absolute atomic E-state index is 14.0. The molecule has 2 aliphatic rings. The molecule has 4 N–H and O–H groups in total. The van der Waals surface area contributed by atoms with Crippen LogP contribution < -0.4 is 15.8 Å². The van der Waals surface area contributed by atoms with Gasteiger partial charge in [-0.3, -0.25) is 9.59 Å². The summed E-state index contributed by atoms with van der Waals surface area (Å²) in [6.07, 6.45) is 2.26. The maximum Gasteiger partial charge on any atom is 0.277 e. The highest BCUT2D eigenvalue weighted by Gasteiger charge is 2.48. The summed E-state index contributed by atoms with van der Waals surface area (Å²) in [5, 5.41) is 18.0. The molecule has 1 fully saturated rings. The fraction of sp³-hybridized carbons (Fsp3) is 0.516. The van der Waals surface area contributed by atoms with Crippen LogP contribution in [-0.4, -0.2) is 69.6 Å². The molecule has 1 saturated heterocycles. The van der Waals surface area contributed by atoms with Crippen LogP contribution >= 0.6 is 23.7 Å². The van der Waals surface area contributed by atoms with E-state index in [0.717, 1.165) is 41.0 Å². The van der Waals surface area contributed by atoms with Crippen molar-refractivity contribution in [3.8, 4) is 16.3 Å². The van der Waals surface area contributed by atoms with E-state index >= 15 is 0 Å². The number of amides is 2. The average molecular weight is 645 g/mol. The first-order valence-corrected chi connectivity index (χ1v) is 15.7. The number of nitrogens with zero attached hydrogens (tertiary/aromatic N) is 4. The van der Waals surface area contributed by atoms with Gasteiger partial charge < -0.3 is 30.3 Å². The summed E-state index contributed by atoms with van der Waals surface area (Å²) < 4.78 is 11.3. The van der Waals surface area contributed by atoms with E-state index in [1.165, 1.54) is 0 Å². The van der Waals surface area contributed by atoms with Crippen LogP contribution in [-0.2, 0) is 15.1 Å². The van der Waals surface area contributed by atoms with Gasteiger partial charge in [0.1, 0.15) is 17.3 Å². The zero-order valence-corrected chi connectivity index (χ0v) is 27.1. The molecule has 0 saturated carbocycles. The largest absolute Gasteiger partial charge is 0.476 e. The number of aliphatic hydroxyl groups is 1. The number of β-amino-alcohol motifs (C(OH)–C–C–N with tert-alkyl or cyclic N) is 1. The molecular formula is C31H41ClN6O5S. The van der Waals surface area contributed by atoms with Gasteiger partial charge >= 0.3 is 0 Å². The topological polar surface area (TPSA) is 156 Å². The van der Waals surface area contributed by atoms with Crippen LogP contribution in [0.5, 0.6) is 5.88 Å². The van der Waals surface area contributed by atoms with Gasteiger partial charge in [-0.2, -0.15) is 4.99 Å². The van der Waals surface area contributed by atoms with Crippen molar-refractivity contribution in [3.05, 3.63) is 52.9 Å². The number of unbranched alkanes of at least 4 members (excludes halogenated alkanes) is 2. The predicted molar refractivity (Wildman–Crippen MR) is 171 cm³/mol. The fourth-order valence-electron chi connectivity index (χ4n) is 5.76. The molecule has 3 unspecified atom stereocenters. The van der Waals surface area contributed by atoms with Crippen LogP contribution in [0.25, 0.3) is 10.4 Å². The number of nitrogens with one attached hydrogen (secondary N) is 1. The minimum Gasteiger partial charge on any atom is -0.476 e. The highest BCUT2D eigenvalue weighted by Crippen LogP contribution is 2.36. The van der Waals surface area contributed by atoms with Crippen LogP contribution in [0.4, 0.5) is 0 Å². The summed E-state index contributed by atoms with van der Waals surface area (Å²) in [5.41, 5.74) is 9.01.